The van der Waals surface area contributed by atoms with Crippen LogP contribution in [0.15, 0.2) is 4.52 Å². The van der Waals surface area contributed by atoms with Crippen molar-refractivity contribution in [3.05, 3.63) is 17.0 Å². The van der Waals surface area contributed by atoms with Gasteiger partial charge in [0.25, 0.3) is 0 Å². The molecular weight excluding hydrogens is 250 g/mol. The van der Waals surface area contributed by atoms with Crippen molar-refractivity contribution >= 4 is 12.0 Å². The van der Waals surface area contributed by atoms with Crippen molar-refractivity contribution in [1.29, 1.82) is 0 Å². The molecule has 0 aliphatic carbocycles. The van der Waals surface area contributed by atoms with Crippen molar-refractivity contribution in [2.45, 2.75) is 46.2 Å². The number of hydrogen-bond acceptors (Lipinski definition) is 4. The van der Waals surface area contributed by atoms with Gasteiger partial charge in [-0.1, -0.05) is 5.16 Å². The molecule has 1 aromatic rings. The van der Waals surface area contributed by atoms with Crippen molar-refractivity contribution in [2.75, 3.05) is 0 Å². The Balaban J connectivity index is 2.82. The Hall–Kier alpha value is -2.05. The molecule has 2 amide bonds. The van der Waals surface area contributed by atoms with Crippen LogP contribution in [0.1, 0.15) is 55.5 Å². The predicted molar refractivity (Wildman–Crippen MR) is 68.0 cm³/mol. The number of nitrogens with zero attached hydrogens (tertiary/aromatic N) is 1. The molecule has 0 spiro atoms. The minimum atomic E-state index is -1.13. The molecule has 0 saturated heterocycles. The maximum Gasteiger partial charge on any atom is 0.341 e. The molecule has 0 aromatic carbocycles. The fraction of sp³-hybridized carbons (Fsp3) is 0.583. The quantitative estimate of drug-likeness (QED) is 0.776. The summed E-state index contributed by atoms with van der Waals surface area (Å²) >= 11 is 0. The molecule has 7 nitrogen and oxygen atoms in total. The Morgan fingerprint density at radius 3 is 2.42 bits per heavy atom. The van der Waals surface area contributed by atoms with E-state index in [9.17, 15) is 9.59 Å². The van der Waals surface area contributed by atoms with Crippen LogP contribution in [0, 0.1) is 6.92 Å². The average Bonchev–Trinajstić information content (AvgIpc) is 2.56. The zero-order valence-electron chi connectivity index (χ0n) is 11.7. The van der Waals surface area contributed by atoms with Crippen LogP contribution in [0.4, 0.5) is 4.79 Å². The van der Waals surface area contributed by atoms with Crippen LogP contribution >= 0.6 is 0 Å². The second kappa shape index (κ2) is 5.29. The van der Waals surface area contributed by atoms with Crippen molar-refractivity contribution in [3.8, 4) is 0 Å². The fourth-order valence-electron chi connectivity index (χ4n) is 1.58. The highest BCUT2D eigenvalue weighted by atomic mass is 16.5. The normalized spacial score (nSPS) is 12.9. The molecule has 19 heavy (non-hydrogen) atoms. The zero-order chi connectivity index (χ0) is 14.8. The SMILES string of the molecule is Cc1noc([C@@H](C)NC(=O)NC(C)(C)C)c1C(=O)O. The Labute approximate surface area is 111 Å². The van der Waals surface area contributed by atoms with Gasteiger partial charge in [0.05, 0.1) is 11.7 Å². The van der Waals surface area contributed by atoms with Crippen LogP contribution in [0.25, 0.3) is 0 Å². The van der Waals surface area contributed by atoms with Gasteiger partial charge in [-0.3, -0.25) is 0 Å². The van der Waals surface area contributed by atoms with Gasteiger partial charge in [0.15, 0.2) is 5.76 Å². The summed E-state index contributed by atoms with van der Waals surface area (Å²) in [6, 6.07) is -0.986. The Bertz CT molecular complexity index is 488. The van der Waals surface area contributed by atoms with Gasteiger partial charge in [0.1, 0.15) is 5.56 Å². The number of aromatic carboxylic acids is 1. The molecule has 0 aliphatic heterocycles. The van der Waals surface area contributed by atoms with Gasteiger partial charge in [-0.05, 0) is 34.6 Å². The van der Waals surface area contributed by atoms with Crippen LogP contribution in [-0.2, 0) is 0 Å². The largest absolute Gasteiger partial charge is 0.477 e. The number of carbonyl (C=O) groups is 2. The van der Waals surface area contributed by atoms with Crippen LogP contribution in [0.2, 0.25) is 0 Å². The lowest BCUT2D eigenvalue weighted by Gasteiger charge is -2.22. The van der Waals surface area contributed by atoms with Crippen molar-refractivity contribution < 1.29 is 19.2 Å². The molecule has 3 N–H and O–H groups in total. The third kappa shape index (κ3) is 3.97. The lowest BCUT2D eigenvalue weighted by atomic mass is 10.1. The molecule has 106 valence electrons. The second-order valence-corrected chi connectivity index (χ2v) is 5.38. The number of aromatic nitrogens is 1. The highest BCUT2D eigenvalue weighted by Crippen LogP contribution is 2.20. The maximum absolute atomic E-state index is 11.7. The average molecular weight is 269 g/mol. The third-order valence-corrected chi connectivity index (χ3v) is 2.33. The Kier molecular flexibility index (Phi) is 4.18. The minimum absolute atomic E-state index is 0.0106. The van der Waals surface area contributed by atoms with E-state index in [4.69, 9.17) is 9.63 Å². The number of urea groups is 1. The van der Waals surface area contributed by atoms with Crippen molar-refractivity contribution in [2.24, 2.45) is 0 Å². The van der Waals surface area contributed by atoms with E-state index in [-0.39, 0.29) is 22.6 Å². The first-order chi connectivity index (χ1) is 8.61. The molecule has 0 aliphatic rings. The van der Waals surface area contributed by atoms with Crippen LogP contribution in [-0.4, -0.2) is 27.8 Å². The van der Waals surface area contributed by atoms with E-state index in [1.807, 2.05) is 20.8 Å². The van der Waals surface area contributed by atoms with E-state index in [1.54, 1.807) is 13.8 Å². The van der Waals surface area contributed by atoms with E-state index in [0.29, 0.717) is 0 Å². The molecule has 1 aromatic heterocycles. The first-order valence-electron chi connectivity index (χ1n) is 5.90. The Morgan fingerprint density at radius 1 is 1.37 bits per heavy atom. The molecule has 1 rings (SSSR count). The number of hydrogen-bond donors (Lipinski definition) is 3. The van der Waals surface area contributed by atoms with Gasteiger partial charge >= 0.3 is 12.0 Å². The monoisotopic (exact) mass is 269 g/mol. The summed E-state index contributed by atoms with van der Waals surface area (Å²) in [6.45, 7) is 8.71. The maximum atomic E-state index is 11.7. The van der Waals surface area contributed by atoms with Crippen molar-refractivity contribution in [1.82, 2.24) is 15.8 Å². The summed E-state index contributed by atoms with van der Waals surface area (Å²) in [5.74, 6) is -0.993. The lowest BCUT2D eigenvalue weighted by Crippen LogP contribution is -2.47. The standard InChI is InChI=1S/C12H19N3O4/c1-6-8(10(16)17)9(19-15-6)7(2)13-11(18)14-12(3,4)5/h7H,1-5H3,(H,16,17)(H2,13,14,18)/t7-/m1/s1. The van der Waals surface area contributed by atoms with Crippen molar-refractivity contribution in [3.63, 3.8) is 0 Å². The first kappa shape index (κ1) is 15.0. The number of aryl methyl sites for hydroxylation is 1. The number of nitrogens with one attached hydrogen (secondary N) is 2. The smallest absolute Gasteiger partial charge is 0.341 e. The molecule has 0 saturated carbocycles. The van der Waals surface area contributed by atoms with Crippen LogP contribution in [0.5, 0.6) is 0 Å². The van der Waals surface area contributed by atoms with E-state index in [0.717, 1.165) is 0 Å². The molecule has 0 radical (unpaired) electrons. The lowest BCUT2D eigenvalue weighted by molar-refractivity contribution is 0.0692. The third-order valence-electron chi connectivity index (χ3n) is 2.33. The minimum Gasteiger partial charge on any atom is -0.477 e. The first-order valence-corrected chi connectivity index (χ1v) is 5.90. The summed E-state index contributed by atoms with van der Waals surface area (Å²) in [5, 5.41) is 18.0. The molecule has 7 heteroatoms. The van der Waals surface area contributed by atoms with Crippen LogP contribution < -0.4 is 10.6 Å². The van der Waals surface area contributed by atoms with Gasteiger partial charge in [-0.15, -0.1) is 0 Å². The molecule has 0 unspecified atom stereocenters. The fourth-order valence-corrected chi connectivity index (χ4v) is 1.58. The van der Waals surface area contributed by atoms with E-state index in [2.05, 4.69) is 15.8 Å². The summed E-state index contributed by atoms with van der Waals surface area (Å²) in [4.78, 5) is 22.8. The van der Waals surface area contributed by atoms with Gasteiger partial charge in [-0.25, -0.2) is 9.59 Å². The number of carboxylic acid groups (broad SMARTS) is 1. The molecule has 0 fully saturated rings. The van der Waals surface area contributed by atoms with Gasteiger partial charge in [0.2, 0.25) is 0 Å². The summed E-state index contributed by atoms with van der Waals surface area (Å²) < 4.78 is 4.98. The molecule has 1 heterocycles. The van der Waals surface area contributed by atoms with E-state index in [1.165, 1.54) is 0 Å². The predicted octanol–water partition coefficient (Wildman–Crippen LogP) is 1.84. The highest BCUT2D eigenvalue weighted by molar-refractivity contribution is 5.90. The number of rotatable bonds is 3. The van der Waals surface area contributed by atoms with Gasteiger partial charge in [-0.2, -0.15) is 0 Å². The second-order valence-electron chi connectivity index (χ2n) is 5.38. The van der Waals surface area contributed by atoms with E-state index < -0.39 is 18.0 Å². The van der Waals surface area contributed by atoms with E-state index >= 15 is 0 Å². The molecular formula is C12H19N3O4. The molecule has 1 atom stereocenters. The van der Waals surface area contributed by atoms with Gasteiger partial charge in [0, 0.05) is 5.54 Å². The summed E-state index contributed by atoms with van der Waals surface area (Å²) in [6.07, 6.45) is 0. The molecule has 0 bridgehead atoms. The summed E-state index contributed by atoms with van der Waals surface area (Å²) in [5.41, 5.74) is -0.104. The highest BCUT2D eigenvalue weighted by Gasteiger charge is 2.26. The zero-order valence-corrected chi connectivity index (χ0v) is 11.7. The summed E-state index contributed by atoms with van der Waals surface area (Å²) in [7, 11) is 0. The van der Waals surface area contributed by atoms with Gasteiger partial charge < -0.3 is 20.3 Å². The Morgan fingerprint density at radius 2 is 1.95 bits per heavy atom. The number of carbonyl (C=O) groups excluding carboxylic acids is 1. The number of amides is 2. The van der Waals surface area contributed by atoms with Crippen LogP contribution in [0.3, 0.4) is 0 Å². The number of carboxylic acids is 1. The topological polar surface area (TPSA) is 104 Å².